The van der Waals surface area contributed by atoms with Gasteiger partial charge in [0.25, 0.3) is 0 Å². The molecule has 2 rings (SSSR count). The van der Waals surface area contributed by atoms with Crippen LogP contribution in [0.5, 0.6) is 0 Å². The Kier molecular flexibility index (Phi) is 5.23. The number of hydrogen-bond donors (Lipinski definition) is 1. The third kappa shape index (κ3) is 3.19. The van der Waals surface area contributed by atoms with Crippen LogP contribution in [0.1, 0.15) is 49.5 Å². The standard InChI is InChI=1S/C13H20N2.ClH/c1-10-6-5-9-12(15-10)13(14)11-7-3-2-4-8-11;/h5-6,9,11,13H,2-4,7-8,14H2,1H3;1H/t13-;/m0./s1. The van der Waals surface area contributed by atoms with Crippen LogP contribution in [0.15, 0.2) is 18.2 Å². The molecule has 0 saturated heterocycles. The highest BCUT2D eigenvalue weighted by Gasteiger charge is 2.22. The zero-order valence-corrected chi connectivity index (χ0v) is 10.7. The zero-order chi connectivity index (χ0) is 10.7. The van der Waals surface area contributed by atoms with Crippen LogP contribution in [-0.4, -0.2) is 4.98 Å². The van der Waals surface area contributed by atoms with Crippen LogP contribution in [0.4, 0.5) is 0 Å². The minimum absolute atomic E-state index is 0. The molecule has 3 heteroatoms. The van der Waals surface area contributed by atoms with Crippen LogP contribution in [0.2, 0.25) is 0 Å². The first kappa shape index (κ1) is 13.5. The molecule has 0 aromatic carbocycles. The summed E-state index contributed by atoms with van der Waals surface area (Å²) in [5.41, 5.74) is 8.42. The molecule has 1 fully saturated rings. The summed E-state index contributed by atoms with van der Waals surface area (Å²) in [6.07, 6.45) is 6.60. The lowest BCUT2D eigenvalue weighted by molar-refractivity contribution is 0.304. The van der Waals surface area contributed by atoms with Gasteiger partial charge in [-0.2, -0.15) is 0 Å². The molecule has 0 bridgehead atoms. The molecule has 1 aromatic rings. The van der Waals surface area contributed by atoms with Crippen molar-refractivity contribution < 1.29 is 0 Å². The third-order valence-corrected chi connectivity index (χ3v) is 3.41. The Hall–Kier alpha value is -0.600. The molecule has 1 aliphatic carbocycles. The van der Waals surface area contributed by atoms with Gasteiger partial charge in [0.15, 0.2) is 0 Å². The van der Waals surface area contributed by atoms with Crippen LogP contribution in [0, 0.1) is 12.8 Å². The lowest BCUT2D eigenvalue weighted by Crippen LogP contribution is -2.24. The van der Waals surface area contributed by atoms with Crippen molar-refractivity contribution in [3.63, 3.8) is 0 Å². The predicted octanol–water partition coefficient (Wildman–Crippen LogP) is 3.39. The number of halogens is 1. The number of rotatable bonds is 2. The van der Waals surface area contributed by atoms with Crippen molar-refractivity contribution in [3.05, 3.63) is 29.6 Å². The van der Waals surface area contributed by atoms with Gasteiger partial charge in [-0.05, 0) is 37.8 Å². The second-order valence-electron chi connectivity index (χ2n) is 4.63. The Morgan fingerprint density at radius 1 is 1.25 bits per heavy atom. The van der Waals surface area contributed by atoms with E-state index in [-0.39, 0.29) is 18.4 Å². The Morgan fingerprint density at radius 2 is 1.94 bits per heavy atom. The molecule has 16 heavy (non-hydrogen) atoms. The summed E-state index contributed by atoms with van der Waals surface area (Å²) >= 11 is 0. The quantitative estimate of drug-likeness (QED) is 0.861. The van der Waals surface area contributed by atoms with Crippen molar-refractivity contribution in [2.24, 2.45) is 11.7 Å². The second kappa shape index (κ2) is 6.21. The van der Waals surface area contributed by atoms with Gasteiger partial charge in [0.1, 0.15) is 0 Å². The van der Waals surface area contributed by atoms with Crippen LogP contribution >= 0.6 is 12.4 Å². The van der Waals surface area contributed by atoms with Gasteiger partial charge in [-0.25, -0.2) is 0 Å². The molecule has 1 atom stereocenters. The van der Waals surface area contributed by atoms with E-state index in [1.54, 1.807) is 0 Å². The van der Waals surface area contributed by atoms with Gasteiger partial charge in [0.2, 0.25) is 0 Å². The lowest BCUT2D eigenvalue weighted by atomic mass is 9.83. The van der Waals surface area contributed by atoms with Gasteiger partial charge in [0, 0.05) is 11.7 Å². The van der Waals surface area contributed by atoms with E-state index in [4.69, 9.17) is 5.73 Å². The maximum Gasteiger partial charge on any atom is 0.0577 e. The van der Waals surface area contributed by atoms with Gasteiger partial charge in [-0.1, -0.05) is 25.3 Å². The van der Waals surface area contributed by atoms with E-state index >= 15 is 0 Å². The van der Waals surface area contributed by atoms with Gasteiger partial charge < -0.3 is 5.73 Å². The molecule has 2 nitrogen and oxygen atoms in total. The minimum Gasteiger partial charge on any atom is -0.322 e. The molecule has 0 radical (unpaired) electrons. The Bertz CT molecular complexity index is 321. The number of hydrogen-bond acceptors (Lipinski definition) is 2. The molecule has 90 valence electrons. The first-order chi connectivity index (χ1) is 7.27. The molecule has 1 heterocycles. The summed E-state index contributed by atoms with van der Waals surface area (Å²) < 4.78 is 0. The summed E-state index contributed by atoms with van der Waals surface area (Å²) in [5, 5.41) is 0. The van der Waals surface area contributed by atoms with E-state index in [2.05, 4.69) is 17.1 Å². The fourth-order valence-electron chi connectivity index (χ4n) is 2.48. The number of aromatic nitrogens is 1. The fraction of sp³-hybridized carbons (Fsp3) is 0.615. The molecule has 2 N–H and O–H groups in total. The van der Waals surface area contributed by atoms with E-state index in [0.717, 1.165) is 11.4 Å². The van der Waals surface area contributed by atoms with Crippen molar-refractivity contribution in [2.45, 2.75) is 45.1 Å². The zero-order valence-electron chi connectivity index (χ0n) is 9.86. The second-order valence-corrected chi connectivity index (χ2v) is 4.63. The summed E-state index contributed by atoms with van der Waals surface area (Å²) in [4.78, 5) is 4.52. The molecule has 0 spiro atoms. The van der Waals surface area contributed by atoms with E-state index in [0.29, 0.717) is 5.92 Å². The first-order valence-electron chi connectivity index (χ1n) is 5.96. The minimum atomic E-state index is 0. The Morgan fingerprint density at radius 3 is 2.56 bits per heavy atom. The number of nitrogens with zero attached hydrogens (tertiary/aromatic N) is 1. The van der Waals surface area contributed by atoms with Gasteiger partial charge in [0.05, 0.1) is 5.69 Å². The number of aryl methyl sites for hydroxylation is 1. The average molecular weight is 241 g/mol. The Labute approximate surface area is 104 Å². The third-order valence-electron chi connectivity index (χ3n) is 3.41. The predicted molar refractivity (Wildman–Crippen MR) is 69.7 cm³/mol. The highest BCUT2D eigenvalue weighted by molar-refractivity contribution is 5.85. The first-order valence-corrected chi connectivity index (χ1v) is 5.96. The molecule has 0 unspecified atom stereocenters. The van der Waals surface area contributed by atoms with Crippen molar-refractivity contribution in [1.29, 1.82) is 0 Å². The summed E-state index contributed by atoms with van der Waals surface area (Å²) in [5.74, 6) is 0.646. The maximum absolute atomic E-state index is 6.28. The maximum atomic E-state index is 6.28. The monoisotopic (exact) mass is 240 g/mol. The van der Waals surface area contributed by atoms with Crippen LogP contribution < -0.4 is 5.73 Å². The highest BCUT2D eigenvalue weighted by atomic mass is 35.5. The summed E-state index contributed by atoms with van der Waals surface area (Å²) in [6.45, 7) is 2.02. The van der Waals surface area contributed by atoms with Crippen molar-refractivity contribution in [3.8, 4) is 0 Å². The van der Waals surface area contributed by atoms with Gasteiger partial charge >= 0.3 is 0 Å². The van der Waals surface area contributed by atoms with E-state index < -0.39 is 0 Å². The molecular weight excluding hydrogens is 220 g/mol. The van der Waals surface area contributed by atoms with E-state index in [1.165, 1.54) is 32.1 Å². The summed E-state index contributed by atoms with van der Waals surface area (Å²) in [7, 11) is 0. The molecule has 0 aliphatic heterocycles. The van der Waals surface area contributed by atoms with Crippen molar-refractivity contribution in [1.82, 2.24) is 4.98 Å². The highest BCUT2D eigenvalue weighted by Crippen LogP contribution is 2.32. The molecule has 0 amide bonds. The topological polar surface area (TPSA) is 38.9 Å². The molecule has 1 aliphatic rings. The lowest BCUT2D eigenvalue weighted by Gasteiger charge is -2.27. The normalized spacial score (nSPS) is 18.9. The summed E-state index contributed by atoms with van der Waals surface area (Å²) in [6, 6.07) is 6.29. The SMILES string of the molecule is Cc1cccc([C@@H](N)C2CCCCC2)n1.Cl. The van der Waals surface area contributed by atoms with E-state index in [9.17, 15) is 0 Å². The van der Waals surface area contributed by atoms with Crippen LogP contribution in [-0.2, 0) is 0 Å². The van der Waals surface area contributed by atoms with E-state index in [1.807, 2.05) is 13.0 Å². The molecule has 1 aromatic heterocycles. The largest absolute Gasteiger partial charge is 0.322 e. The molecule has 1 saturated carbocycles. The average Bonchev–Trinajstić information content (AvgIpc) is 2.29. The fourth-order valence-corrected chi connectivity index (χ4v) is 2.48. The Balaban J connectivity index is 0.00000128. The number of pyridine rings is 1. The smallest absolute Gasteiger partial charge is 0.0577 e. The number of nitrogens with two attached hydrogens (primary N) is 1. The van der Waals surface area contributed by atoms with Gasteiger partial charge in [-0.3, -0.25) is 4.98 Å². The van der Waals surface area contributed by atoms with Crippen molar-refractivity contribution >= 4 is 12.4 Å². The van der Waals surface area contributed by atoms with Crippen LogP contribution in [0.3, 0.4) is 0 Å². The van der Waals surface area contributed by atoms with Crippen molar-refractivity contribution in [2.75, 3.05) is 0 Å². The molecular formula is C13H21ClN2. The van der Waals surface area contributed by atoms with Gasteiger partial charge in [-0.15, -0.1) is 12.4 Å². The van der Waals surface area contributed by atoms with Crippen LogP contribution in [0.25, 0.3) is 0 Å².